The van der Waals surface area contributed by atoms with Crippen molar-refractivity contribution in [1.82, 2.24) is 10.6 Å². The van der Waals surface area contributed by atoms with Crippen molar-refractivity contribution in [2.45, 2.75) is 6.04 Å². The number of carbonyl (C=O) groups excluding carboxylic acids is 1. The van der Waals surface area contributed by atoms with E-state index in [-0.39, 0.29) is 18.0 Å². The normalized spacial score (nSPS) is 31.8. The molecule has 0 radical (unpaired) electrons. The molecule has 2 rings (SSSR count). The predicted octanol–water partition coefficient (Wildman–Crippen LogP) is 0.924. The molecule has 2 aliphatic rings. The van der Waals surface area contributed by atoms with Gasteiger partial charge in [0.1, 0.15) is 0 Å². The highest BCUT2D eigenvalue weighted by molar-refractivity contribution is 5.76. The molecule has 12 heavy (non-hydrogen) atoms. The number of hydrogen-bond donors (Lipinski definition) is 2. The minimum atomic E-state index is -0.140. The third-order valence-corrected chi connectivity index (χ3v) is 2.01. The van der Waals surface area contributed by atoms with Crippen molar-refractivity contribution in [2.24, 2.45) is 5.92 Å². The first-order valence-electron chi connectivity index (χ1n) is 3.95. The third-order valence-electron chi connectivity index (χ3n) is 2.01. The van der Waals surface area contributed by atoms with E-state index in [9.17, 15) is 4.79 Å². The smallest absolute Gasteiger partial charge is 0.319 e. The van der Waals surface area contributed by atoms with Crippen molar-refractivity contribution >= 4 is 6.03 Å². The van der Waals surface area contributed by atoms with Crippen LogP contribution >= 0.6 is 0 Å². The Bertz CT molecular complexity index is 278. The molecule has 0 saturated heterocycles. The molecule has 0 aromatic rings. The molecule has 2 unspecified atom stereocenters. The fraction of sp³-hybridized carbons (Fsp3) is 0.222. The number of amides is 2. The minimum absolute atomic E-state index is 0.105. The molecular formula is C9H10N2O. The van der Waals surface area contributed by atoms with Crippen LogP contribution in [0.2, 0.25) is 0 Å². The van der Waals surface area contributed by atoms with Gasteiger partial charge in [-0.1, -0.05) is 30.4 Å². The Labute approximate surface area is 70.8 Å². The number of fused-ring (bicyclic) bond motifs is 1. The van der Waals surface area contributed by atoms with Gasteiger partial charge in [-0.25, -0.2) is 4.79 Å². The van der Waals surface area contributed by atoms with Crippen molar-refractivity contribution in [2.75, 3.05) is 0 Å². The number of rotatable bonds is 0. The Hall–Kier alpha value is -1.51. The number of urea groups is 1. The first-order valence-corrected chi connectivity index (χ1v) is 3.95. The molecule has 3 nitrogen and oxygen atoms in total. The summed E-state index contributed by atoms with van der Waals surface area (Å²) >= 11 is 0. The summed E-state index contributed by atoms with van der Waals surface area (Å²) in [6.07, 6.45) is 11.6. The number of carbonyl (C=O) groups is 1. The zero-order valence-electron chi connectivity index (χ0n) is 6.53. The molecule has 1 heterocycles. The van der Waals surface area contributed by atoms with E-state index in [1.807, 2.05) is 24.3 Å². The van der Waals surface area contributed by atoms with Crippen molar-refractivity contribution in [3.05, 3.63) is 36.6 Å². The third kappa shape index (κ3) is 1.25. The highest BCUT2D eigenvalue weighted by Crippen LogP contribution is 2.14. The van der Waals surface area contributed by atoms with Crippen LogP contribution in [-0.4, -0.2) is 12.1 Å². The Morgan fingerprint density at radius 3 is 2.92 bits per heavy atom. The zero-order chi connectivity index (χ0) is 8.39. The van der Waals surface area contributed by atoms with Crippen LogP contribution < -0.4 is 10.6 Å². The molecule has 0 bridgehead atoms. The Balaban J connectivity index is 2.21. The fourth-order valence-corrected chi connectivity index (χ4v) is 1.38. The lowest BCUT2D eigenvalue weighted by Gasteiger charge is -2.19. The van der Waals surface area contributed by atoms with Crippen LogP contribution in [0.3, 0.4) is 0 Å². The maximum absolute atomic E-state index is 11.0. The van der Waals surface area contributed by atoms with Gasteiger partial charge in [0, 0.05) is 12.1 Å². The van der Waals surface area contributed by atoms with Crippen LogP contribution in [0.15, 0.2) is 36.6 Å². The SMILES string of the molecule is O=C1NC=CC2C=CC=CC2N1. The summed E-state index contributed by atoms with van der Waals surface area (Å²) in [5.74, 6) is 0.286. The summed E-state index contributed by atoms with van der Waals surface area (Å²) in [6.45, 7) is 0. The van der Waals surface area contributed by atoms with E-state index >= 15 is 0 Å². The van der Waals surface area contributed by atoms with Crippen LogP contribution in [0.5, 0.6) is 0 Å². The van der Waals surface area contributed by atoms with Gasteiger partial charge in [0.2, 0.25) is 0 Å². The molecule has 0 fully saturated rings. The summed E-state index contributed by atoms with van der Waals surface area (Å²) in [5.41, 5.74) is 0. The van der Waals surface area contributed by atoms with Gasteiger partial charge in [-0.05, 0) is 0 Å². The van der Waals surface area contributed by atoms with Crippen molar-refractivity contribution in [1.29, 1.82) is 0 Å². The maximum atomic E-state index is 11.0. The summed E-state index contributed by atoms with van der Waals surface area (Å²) in [5, 5.41) is 5.43. The highest BCUT2D eigenvalue weighted by atomic mass is 16.2. The molecule has 0 aromatic heterocycles. The van der Waals surface area contributed by atoms with Gasteiger partial charge in [0.05, 0.1) is 6.04 Å². The van der Waals surface area contributed by atoms with Crippen molar-refractivity contribution in [3.63, 3.8) is 0 Å². The largest absolute Gasteiger partial charge is 0.331 e. The van der Waals surface area contributed by atoms with E-state index in [0.717, 1.165) is 0 Å². The van der Waals surface area contributed by atoms with Crippen LogP contribution in [0, 0.1) is 5.92 Å². The van der Waals surface area contributed by atoms with Crippen LogP contribution in [-0.2, 0) is 0 Å². The molecule has 0 aromatic carbocycles. The lowest BCUT2D eigenvalue weighted by molar-refractivity contribution is 0.242. The molecule has 0 spiro atoms. The topological polar surface area (TPSA) is 41.1 Å². The van der Waals surface area contributed by atoms with Gasteiger partial charge in [-0.3, -0.25) is 0 Å². The molecule has 2 N–H and O–H groups in total. The fourth-order valence-electron chi connectivity index (χ4n) is 1.38. The summed E-state index contributed by atoms with van der Waals surface area (Å²) < 4.78 is 0. The Kier molecular flexibility index (Phi) is 1.70. The van der Waals surface area contributed by atoms with Gasteiger partial charge >= 0.3 is 6.03 Å². The minimum Gasteiger partial charge on any atom is -0.331 e. The average Bonchev–Trinajstić information content (AvgIpc) is 2.25. The second-order valence-corrected chi connectivity index (χ2v) is 2.85. The lowest BCUT2D eigenvalue weighted by atomic mass is 9.96. The standard InChI is InChI=1S/C9H10N2O/c12-9-10-6-5-7-3-1-2-4-8(7)11-9/h1-8H,(H2,10,11,12). The summed E-state index contributed by atoms with van der Waals surface area (Å²) in [6, 6.07) is -0.0348. The molecule has 3 heteroatoms. The second-order valence-electron chi connectivity index (χ2n) is 2.85. The van der Waals surface area contributed by atoms with Gasteiger partial charge in [-0.2, -0.15) is 0 Å². The Morgan fingerprint density at radius 2 is 2.00 bits per heavy atom. The van der Waals surface area contributed by atoms with Crippen LogP contribution in [0.4, 0.5) is 4.79 Å². The van der Waals surface area contributed by atoms with Gasteiger partial charge in [0.15, 0.2) is 0 Å². The Morgan fingerprint density at radius 1 is 1.17 bits per heavy atom. The van der Waals surface area contributed by atoms with Gasteiger partial charge in [-0.15, -0.1) is 0 Å². The number of hydrogen-bond acceptors (Lipinski definition) is 1. The van der Waals surface area contributed by atoms with E-state index < -0.39 is 0 Å². The first kappa shape index (κ1) is 7.16. The average molecular weight is 162 g/mol. The first-order chi connectivity index (χ1) is 5.86. The van der Waals surface area contributed by atoms with Crippen LogP contribution in [0.1, 0.15) is 0 Å². The maximum Gasteiger partial charge on any atom is 0.319 e. The molecular weight excluding hydrogens is 152 g/mol. The summed E-state index contributed by atoms with van der Waals surface area (Å²) in [4.78, 5) is 11.0. The monoisotopic (exact) mass is 162 g/mol. The van der Waals surface area contributed by atoms with Crippen molar-refractivity contribution < 1.29 is 4.79 Å². The molecule has 1 aliphatic carbocycles. The summed E-state index contributed by atoms with van der Waals surface area (Å²) in [7, 11) is 0. The van der Waals surface area contributed by atoms with Gasteiger partial charge < -0.3 is 10.6 Å². The van der Waals surface area contributed by atoms with Crippen molar-refractivity contribution in [3.8, 4) is 0 Å². The van der Waals surface area contributed by atoms with E-state index in [0.29, 0.717) is 0 Å². The van der Waals surface area contributed by atoms with Crippen LogP contribution in [0.25, 0.3) is 0 Å². The second kappa shape index (κ2) is 2.85. The van der Waals surface area contributed by atoms with E-state index in [1.165, 1.54) is 0 Å². The lowest BCUT2D eigenvalue weighted by Crippen LogP contribution is -2.40. The van der Waals surface area contributed by atoms with Gasteiger partial charge in [0.25, 0.3) is 0 Å². The number of nitrogens with one attached hydrogen (secondary N) is 2. The van der Waals surface area contributed by atoms with E-state index in [2.05, 4.69) is 16.7 Å². The predicted molar refractivity (Wildman–Crippen MR) is 46.4 cm³/mol. The molecule has 1 aliphatic heterocycles. The molecule has 62 valence electrons. The molecule has 2 atom stereocenters. The quantitative estimate of drug-likeness (QED) is 0.546. The number of allylic oxidation sites excluding steroid dienone is 2. The highest BCUT2D eigenvalue weighted by Gasteiger charge is 2.19. The molecule has 2 amide bonds. The molecule has 0 saturated carbocycles. The van der Waals surface area contributed by atoms with E-state index in [4.69, 9.17) is 0 Å². The van der Waals surface area contributed by atoms with E-state index in [1.54, 1.807) is 6.20 Å². The zero-order valence-corrected chi connectivity index (χ0v) is 6.53.